The highest BCUT2D eigenvalue weighted by Gasteiger charge is 2.31. The van der Waals surface area contributed by atoms with Gasteiger partial charge in [0.25, 0.3) is 5.91 Å². The average molecular weight is 469 g/mol. The van der Waals surface area contributed by atoms with Crippen LogP contribution in [0.4, 0.5) is 5.69 Å². The Morgan fingerprint density at radius 3 is 2.48 bits per heavy atom. The maximum Gasteiger partial charge on any atom is 0.259 e. The van der Waals surface area contributed by atoms with Gasteiger partial charge in [0.2, 0.25) is 10.0 Å². The molecule has 33 heavy (non-hydrogen) atoms. The van der Waals surface area contributed by atoms with E-state index in [0.717, 1.165) is 9.87 Å². The summed E-state index contributed by atoms with van der Waals surface area (Å²) >= 11 is 0. The molecular formula is C24H24N2O6S. The summed E-state index contributed by atoms with van der Waals surface area (Å²) in [5.74, 6) is 0.707. The first-order chi connectivity index (χ1) is 15.8. The molecule has 3 aromatic carbocycles. The molecule has 0 radical (unpaired) electrons. The van der Waals surface area contributed by atoms with Crippen LogP contribution in [0.15, 0.2) is 65.6 Å². The Bertz CT molecular complexity index is 1310. The molecule has 0 aliphatic carbocycles. The smallest absolute Gasteiger partial charge is 0.259 e. The Balaban J connectivity index is 1.87. The number of ether oxygens (including phenoxy) is 3. The minimum absolute atomic E-state index is 0.0551. The first kappa shape index (κ1) is 22.8. The van der Waals surface area contributed by atoms with Crippen LogP contribution >= 0.6 is 0 Å². The lowest BCUT2D eigenvalue weighted by molar-refractivity contribution is 0.102. The van der Waals surface area contributed by atoms with Crippen molar-refractivity contribution in [3.63, 3.8) is 0 Å². The van der Waals surface area contributed by atoms with Crippen molar-refractivity contribution in [3.8, 4) is 23.0 Å². The predicted molar refractivity (Wildman–Crippen MR) is 124 cm³/mol. The van der Waals surface area contributed by atoms with Crippen LogP contribution in [0.1, 0.15) is 15.9 Å². The molecule has 0 saturated carbocycles. The van der Waals surface area contributed by atoms with Crippen molar-refractivity contribution in [2.45, 2.75) is 11.8 Å². The number of carbonyl (C=O) groups is 1. The highest BCUT2D eigenvalue weighted by molar-refractivity contribution is 7.89. The predicted octanol–water partition coefficient (Wildman–Crippen LogP) is 4.41. The van der Waals surface area contributed by atoms with Gasteiger partial charge in [0.1, 0.15) is 16.4 Å². The van der Waals surface area contributed by atoms with Crippen molar-refractivity contribution in [2.75, 3.05) is 32.6 Å². The van der Waals surface area contributed by atoms with E-state index in [1.165, 1.54) is 26.3 Å². The molecule has 4 rings (SSSR count). The van der Waals surface area contributed by atoms with Crippen LogP contribution in [0.25, 0.3) is 0 Å². The SMILES string of the molecule is COCCN(C)S(=O)(=O)c1cc2c(cc1Oc1ccccc1C)Oc1ccccc1NC2=O. The van der Waals surface area contributed by atoms with Crippen LogP contribution in [0.2, 0.25) is 0 Å². The van der Waals surface area contributed by atoms with E-state index in [4.69, 9.17) is 14.2 Å². The number of nitrogens with one attached hydrogen (secondary N) is 1. The molecular weight excluding hydrogens is 444 g/mol. The van der Waals surface area contributed by atoms with Gasteiger partial charge in [-0.25, -0.2) is 8.42 Å². The number of fused-ring (bicyclic) bond motifs is 2. The summed E-state index contributed by atoms with van der Waals surface area (Å²) in [5.41, 5.74) is 1.40. The number of nitrogens with zero attached hydrogens (tertiary/aromatic N) is 1. The largest absolute Gasteiger partial charge is 0.456 e. The maximum atomic E-state index is 13.4. The van der Waals surface area contributed by atoms with Crippen LogP contribution in [0.3, 0.4) is 0 Å². The van der Waals surface area contributed by atoms with Gasteiger partial charge in [0.15, 0.2) is 11.5 Å². The topological polar surface area (TPSA) is 94.2 Å². The van der Waals surface area contributed by atoms with E-state index in [1.807, 2.05) is 19.1 Å². The molecule has 8 nitrogen and oxygen atoms in total. The summed E-state index contributed by atoms with van der Waals surface area (Å²) in [4.78, 5) is 12.8. The van der Waals surface area contributed by atoms with Gasteiger partial charge >= 0.3 is 0 Å². The number of aryl methyl sites for hydroxylation is 1. The highest BCUT2D eigenvalue weighted by atomic mass is 32.2. The van der Waals surface area contributed by atoms with Gasteiger partial charge in [0.05, 0.1) is 17.9 Å². The summed E-state index contributed by atoms with van der Waals surface area (Å²) < 4.78 is 45.1. The van der Waals surface area contributed by atoms with Crippen LogP contribution in [-0.4, -0.2) is 45.9 Å². The van der Waals surface area contributed by atoms with E-state index < -0.39 is 15.9 Å². The van der Waals surface area contributed by atoms with Crippen molar-refractivity contribution in [3.05, 3.63) is 71.8 Å². The average Bonchev–Trinajstić information content (AvgIpc) is 2.93. The molecule has 0 saturated heterocycles. The van der Waals surface area contributed by atoms with Gasteiger partial charge in [-0.1, -0.05) is 30.3 Å². The summed E-state index contributed by atoms with van der Waals surface area (Å²) in [6.07, 6.45) is 0. The molecule has 9 heteroatoms. The monoisotopic (exact) mass is 468 g/mol. The molecule has 3 aromatic rings. The minimum atomic E-state index is -4.02. The van der Waals surface area contributed by atoms with Crippen LogP contribution in [0.5, 0.6) is 23.0 Å². The van der Waals surface area contributed by atoms with Crippen molar-refractivity contribution in [1.82, 2.24) is 4.31 Å². The third kappa shape index (κ3) is 4.56. The fourth-order valence-corrected chi connectivity index (χ4v) is 4.62. The summed E-state index contributed by atoms with van der Waals surface area (Å²) in [5, 5.41) is 2.77. The van der Waals surface area contributed by atoms with Crippen molar-refractivity contribution in [2.24, 2.45) is 0 Å². The van der Waals surface area contributed by atoms with Gasteiger partial charge < -0.3 is 19.5 Å². The lowest BCUT2D eigenvalue weighted by atomic mass is 10.1. The number of methoxy groups -OCH3 is 1. The number of hydrogen-bond donors (Lipinski definition) is 1. The standard InChI is InChI=1S/C24H24N2O6S/c1-16-8-4-6-10-19(16)31-22-15-21-17(14-23(22)33(28,29)26(2)12-13-30-3)24(27)25-18-9-5-7-11-20(18)32-21/h4-11,14-15H,12-13H2,1-3H3,(H,25,27). The van der Waals surface area contributed by atoms with Gasteiger partial charge in [0, 0.05) is 26.8 Å². The normalized spacial score (nSPS) is 12.9. The fraction of sp³-hybridized carbons (Fsp3) is 0.208. The summed E-state index contributed by atoms with van der Waals surface area (Å²) in [6, 6.07) is 17.0. The Morgan fingerprint density at radius 2 is 1.73 bits per heavy atom. The molecule has 1 aliphatic rings. The van der Waals surface area contributed by atoms with Crippen molar-refractivity contribution >= 4 is 21.6 Å². The molecule has 1 heterocycles. The van der Waals surface area contributed by atoms with Crippen LogP contribution in [-0.2, 0) is 14.8 Å². The molecule has 1 amide bonds. The Hall–Kier alpha value is -3.40. The molecule has 0 fully saturated rings. The van der Waals surface area contributed by atoms with E-state index in [0.29, 0.717) is 17.2 Å². The molecule has 0 aromatic heterocycles. The molecule has 0 unspecified atom stereocenters. The molecule has 0 atom stereocenters. The molecule has 1 aliphatic heterocycles. The number of benzene rings is 3. The van der Waals surface area contributed by atoms with E-state index in [-0.39, 0.29) is 35.1 Å². The zero-order valence-corrected chi connectivity index (χ0v) is 19.3. The van der Waals surface area contributed by atoms with Gasteiger partial charge in [-0.05, 0) is 36.8 Å². The molecule has 1 N–H and O–H groups in total. The lowest BCUT2D eigenvalue weighted by Gasteiger charge is -2.21. The third-order valence-electron chi connectivity index (χ3n) is 5.26. The third-order valence-corrected chi connectivity index (χ3v) is 7.14. The molecule has 0 bridgehead atoms. The number of sulfonamides is 1. The Morgan fingerprint density at radius 1 is 1.00 bits per heavy atom. The second-order valence-corrected chi connectivity index (χ2v) is 9.55. The maximum absolute atomic E-state index is 13.4. The summed E-state index contributed by atoms with van der Waals surface area (Å²) in [7, 11) is -1.07. The first-order valence-electron chi connectivity index (χ1n) is 10.3. The van der Waals surface area contributed by atoms with Gasteiger partial charge in [-0.15, -0.1) is 0 Å². The van der Waals surface area contributed by atoms with Gasteiger partial charge in [-0.3, -0.25) is 4.79 Å². The lowest BCUT2D eigenvalue weighted by Crippen LogP contribution is -2.30. The zero-order valence-electron chi connectivity index (χ0n) is 18.5. The Labute approximate surface area is 192 Å². The number of likely N-dealkylation sites (N-methyl/N-ethyl adjacent to an activating group) is 1. The quantitative estimate of drug-likeness (QED) is 0.552. The number of para-hydroxylation sites is 3. The van der Waals surface area contributed by atoms with Crippen LogP contribution in [0, 0.1) is 6.92 Å². The first-order valence-corrected chi connectivity index (χ1v) is 11.7. The Kier molecular flexibility index (Phi) is 6.37. The number of anilines is 1. The molecule has 172 valence electrons. The second kappa shape index (κ2) is 9.22. The minimum Gasteiger partial charge on any atom is -0.456 e. The van der Waals surface area contributed by atoms with Gasteiger partial charge in [-0.2, -0.15) is 4.31 Å². The van der Waals surface area contributed by atoms with Crippen molar-refractivity contribution in [1.29, 1.82) is 0 Å². The highest BCUT2D eigenvalue weighted by Crippen LogP contribution is 2.42. The van der Waals surface area contributed by atoms with E-state index in [2.05, 4.69) is 5.32 Å². The van der Waals surface area contributed by atoms with E-state index in [9.17, 15) is 13.2 Å². The van der Waals surface area contributed by atoms with Crippen LogP contribution < -0.4 is 14.8 Å². The zero-order chi connectivity index (χ0) is 23.6. The number of amides is 1. The number of hydrogen-bond acceptors (Lipinski definition) is 6. The van der Waals surface area contributed by atoms with E-state index in [1.54, 1.807) is 36.4 Å². The number of carbonyl (C=O) groups excluding carboxylic acids is 1. The fourth-order valence-electron chi connectivity index (χ4n) is 3.35. The van der Waals surface area contributed by atoms with E-state index >= 15 is 0 Å². The van der Waals surface area contributed by atoms with Crippen molar-refractivity contribution < 1.29 is 27.4 Å². The number of rotatable bonds is 7. The summed E-state index contributed by atoms with van der Waals surface area (Å²) in [6.45, 7) is 2.21. The molecule has 0 spiro atoms. The second-order valence-electron chi connectivity index (χ2n) is 7.53.